The van der Waals surface area contributed by atoms with Crippen LogP contribution in [0, 0.1) is 0 Å². The molecule has 1 saturated heterocycles. The third kappa shape index (κ3) is 8.14. The van der Waals surface area contributed by atoms with Crippen LogP contribution in [-0.2, 0) is 22.5 Å². The van der Waals surface area contributed by atoms with E-state index in [-0.39, 0.29) is 24.4 Å². The Hall–Kier alpha value is -3.21. The second kappa shape index (κ2) is 13.7. The maximum absolute atomic E-state index is 13.1. The van der Waals surface area contributed by atoms with Crippen LogP contribution in [0.3, 0.4) is 0 Å². The Balaban J connectivity index is 1.37. The summed E-state index contributed by atoms with van der Waals surface area (Å²) in [5.74, 6) is 0.441. The first-order valence-electron chi connectivity index (χ1n) is 13.8. The van der Waals surface area contributed by atoms with E-state index in [4.69, 9.17) is 4.74 Å². The van der Waals surface area contributed by atoms with Crippen LogP contribution in [0.4, 0.5) is 11.5 Å². The fourth-order valence-corrected chi connectivity index (χ4v) is 5.20. The van der Waals surface area contributed by atoms with Crippen LogP contribution in [0.25, 0.3) is 0 Å². The topological polar surface area (TPSA) is 110 Å². The highest BCUT2D eigenvalue weighted by Gasteiger charge is 2.23. The molecule has 0 aliphatic carbocycles. The molecular formula is C29H42N6O4. The summed E-state index contributed by atoms with van der Waals surface area (Å²) in [6.07, 6.45) is 1.96. The molecule has 212 valence electrons. The van der Waals surface area contributed by atoms with Gasteiger partial charge in [0.1, 0.15) is 11.5 Å². The average Bonchev–Trinajstić information content (AvgIpc) is 2.94. The number of nitrogens with zero attached hydrogens (tertiary/aromatic N) is 4. The number of aliphatic hydroxyl groups excluding tert-OH is 1. The first kappa shape index (κ1) is 28.8. The molecule has 0 radical (unpaired) electrons. The number of likely N-dealkylation sites (tertiary alicyclic amines) is 1. The molecule has 39 heavy (non-hydrogen) atoms. The molecule has 0 spiro atoms. The number of ether oxygens (including phenoxy) is 1. The Bertz CT molecular complexity index is 1120. The zero-order valence-corrected chi connectivity index (χ0v) is 23.4. The SMILES string of the molecule is COCCN(C)c1cc(NC2CCN(C(C)=O)CC2)cc(C(=O)NCC(O)CN2CCc3ccccc3C2)n1. The van der Waals surface area contributed by atoms with Gasteiger partial charge in [-0.05, 0) is 36.5 Å². The summed E-state index contributed by atoms with van der Waals surface area (Å²) in [6, 6.07) is 12.3. The number of aliphatic hydroxyl groups is 1. The molecule has 4 rings (SSSR count). The van der Waals surface area contributed by atoms with Crippen molar-refractivity contribution in [2.45, 2.75) is 44.9 Å². The lowest BCUT2D eigenvalue weighted by molar-refractivity contribution is -0.129. The smallest absolute Gasteiger partial charge is 0.270 e. The van der Waals surface area contributed by atoms with Gasteiger partial charge in [-0.25, -0.2) is 4.98 Å². The van der Waals surface area contributed by atoms with Gasteiger partial charge in [0.2, 0.25) is 5.91 Å². The number of carbonyl (C=O) groups excluding carboxylic acids is 2. The third-order valence-corrected chi connectivity index (χ3v) is 7.55. The number of β-amino-alcohol motifs (C(OH)–C–C–N with tert-alkyl or cyclic N) is 1. The summed E-state index contributed by atoms with van der Waals surface area (Å²) in [6.45, 7) is 6.53. The van der Waals surface area contributed by atoms with Crippen molar-refractivity contribution in [3.8, 4) is 0 Å². The molecule has 2 amide bonds. The molecule has 3 heterocycles. The molecule has 10 heteroatoms. The van der Waals surface area contributed by atoms with E-state index >= 15 is 0 Å². The number of anilines is 2. The van der Waals surface area contributed by atoms with Crippen molar-refractivity contribution in [2.24, 2.45) is 0 Å². The van der Waals surface area contributed by atoms with Crippen molar-refractivity contribution in [1.29, 1.82) is 0 Å². The number of hydrogen-bond acceptors (Lipinski definition) is 8. The lowest BCUT2D eigenvalue weighted by atomic mass is 10.00. The second-order valence-corrected chi connectivity index (χ2v) is 10.6. The minimum Gasteiger partial charge on any atom is -0.390 e. The fraction of sp³-hybridized carbons (Fsp3) is 0.552. The second-order valence-electron chi connectivity index (χ2n) is 10.6. The standard InChI is InChI=1S/C29H42N6O4/c1-21(36)35-12-9-24(10-13-35)31-25-16-27(32-28(17-25)33(2)14-15-39-3)29(38)30-18-26(37)20-34-11-8-22-6-4-5-7-23(22)19-34/h4-7,16-17,24,26,37H,8-15,18-20H2,1-3H3,(H,30,38)(H,31,32). The van der Waals surface area contributed by atoms with Gasteiger partial charge in [0.15, 0.2) is 0 Å². The van der Waals surface area contributed by atoms with Crippen molar-refractivity contribution >= 4 is 23.3 Å². The van der Waals surface area contributed by atoms with Gasteiger partial charge in [0, 0.05) is 84.7 Å². The Labute approximate surface area is 231 Å². The molecule has 0 bridgehead atoms. The van der Waals surface area contributed by atoms with Crippen LogP contribution < -0.4 is 15.5 Å². The molecule has 2 aromatic rings. The molecule has 0 saturated carbocycles. The first-order chi connectivity index (χ1) is 18.8. The quantitative estimate of drug-likeness (QED) is 0.397. The zero-order valence-electron chi connectivity index (χ0n) is 23.4. The minimum absolute atomic E-state index is 0.102. The number of aromatic nitrogens is 1. The molecule has 1 aromatic heterocycles. The molecule has 2 aliphatic rings. The molecule has 1 atom stereocenters. The molecule has 2 aliphatic heterocycles. The number of fused-ring (bicyclic) bond motifs is 1. The molecule has 10 nitrogen and oxygen atoms in total. The van der Waals surface area contributed by atoms with Crippen molar-refractivity contribution in [3.63, 3.8) is 0 Å². The van der Waals surface area contributed by atoms with Crippen molar-refractivity contribution in [1.82, 2.24) is 20.1 Å². The average molecular weight is 539 g/mol. The van der Waals surface area contributed by atoms with Crippen LogP contribution in [0.15, 0.2) is 36.4 Å². The number of hydrogen-bond donors (Lipinski definition) is 3. The number of piperidine rings is 1. The highest BCUT2D eigenvalue weighted by atomic mass is 16.5. The molecular weight excluding hydrogens is 496 g/mol. The summed E-state index contributed by atoms with van der Waals surface area (Å²) in [5.41, 5.74) is 3.76. The van der Waals surface area contributed by atoms with Crippen molar-refractivity contribution in [3.05, 3.63) is 53.2 Å². The lowest BCUT2D eigenvalue weighted by Crippen LogP contribution is -2.42. The Morgan fingerprint density at radius 3 is 2.64 bits per heavy atom. The number of likely N-dealkylation sites (N-methyl/N-ethyl adjacent to an activating group) is 1. The predicted octanol–water partition coefficient (Wildman–Crippen LogP) is 1.74. The Morgan fingerprint density at radius 1 is 1.18 bits per heavy atom. The summed E-state index contributed by atoms with van der Waals surface area (Å²) in [5, 5.41) is 17.1. The number of amides is 2. The summed E-state index contributed by atoms with van der Waals surface area (Å²) >= 11 is 0. The van der Waals surface area contributed by atoms with Crippen LogP contribution >= 0.6 is 0 Å². The highest BCUT2D eigenvalue weighted by Crippen LogP contribution is 2.22. The van der Waals surface area contributed by atoms with Crippen LogP contribution in [0.2, 0.25) is 0 Å². The number of benzene rings is 1. The molecule has 3 N–H and O–H groups in total. The first-order valence-corrected chi connectivity index (χ1v) is 13.8. The van der Waals surface area contributed by atoms with Gasteiger partial charge < -0.3 is 30.3 Å². The van der Waals surface area contributed by atoms with Gasteiger partial charge in [0.05, 0.1) is 12.7 Å². The van der Waals surface area contributed by atoms with Crippen LogP contribution in [0.1, 0.15) is 41.4 Å². The van der Waals surface area contributed by atoms with Crippen molar-refractivity contribution in [2.75, 3.05) is 70.2 Å². The van der Waals surface area contributed by atoms with Gasteiger partial charge >= 0.3 is 0 Å². The maximum Gasteiger partial charge on any atom is 0.270 e. The lowest BCUT2D eigenvalue weighted by Gasteiger charge is -2.32. The summed E-state index contributed by atoms with van der Waals surface area (Å²) in [7, 11) is 3.57. The van der Waals surface area contributed by atoms with E-state index in [2.05, 4.69) is 38.7 Å². The Morgan fingerprint density at radius 2 is 1.92 bits per heavy atom. The van der Waals surface area contributed by atoms with E-state index in [9.17, 15) is 14.7 Å². The fourth-order valence-electron chi connectivity index (χ4n) is 5.20. The number of methoxy groups -OCH3 is 1. The third-order valence-electron chi connectivity index (χ3n) is 7.55. The van der Waals surface area contributed by atoms with E-state index in [0.29, 0.717) is 44.3 Å². The van der Waals surface area contributed by atoms with Crippen molar-refractivity contribution < 1.29 is 19.4 Å². The molecule has 1 unspecified atom stereocenters. The van der Waals surface area contributed by atoms with Gasteiger partial charge in [-0.3, -0.25) is 14.5 Å². The van der Waals surface area contributed by atoms with E-state index in [1.165, 1.54) is 11.1 Å². The highest BCUT2D eigenvalue weighted by molar-refractivity contribution is 5.93. The summed E-state index contributed by atoms with van der Waals surface area (Å²) in [4.78, 5) is 35.5. The van der Waals surface area contributed by atoms with Gasteiger partial charge in [0.25, 0.3) is 5.91 Å². The maximum atomic E-state index is 13.1. The summed E-state index contributed by atoms with van der Waals surface area (Å²) < 4.78 is 5.21. The van der Waals surface area contributed by atoms with Crippen LogP contribution in [-0.4, -0.2) is 104 Å². The molecule has 1 fully saturated rings. The largest absolute Gasteiger partial charge is 0.390 e. The number of carbonyl (C=O) groups is 2. The monoisotopic (exact) mass is 538 g/mol. The zero-order chi connectivity index (χ0) is 27.8. The van der Waals surface area contributed by atoms with E-state index < -0.39 is 6.10 Å². The number of nitrogens with one attached hydrogen (secondary N) is 2. The number of rotatable bonds is 11. The molecule has 1 aromatic carbocycles. The number of pyridine rings is 1. The minimum atomic E-state index is -0.684. The predicted molar refractivity (Wildman–Crippen MR) is 152 cm³/mol. The van der Waals surface area contributed by atoms with Crippen LogP contribution in [0.5, 0.6) is 0 Å². The van der Waals surface area contributed by atoms with Gasteiger partial charge in [-0.2, -0.15) is 0 Å². The van der Waals surface area contributed by atoms with Gasteiger partial charge in [-0.15, -0.1) is 0 Å². The van der Waals surface area contributed by atoms with E-state index in [1.54, 1.807) is 20.1 Å². The van der Waals surface area contributed by atoms with E-state index in [0.717, 1.165) is 38.0 Å². The normalized spacial score (nSPS) is 16.9. The van der Waals surface area contributed by atoms with E-state index in [1.807, 2.05) is 29.0 Å². The Kier molecular flexibility index (Phi) is 10.1. The van der Waals surface area contributed by atoms with Gasteiger partial charge in [-0.1, -0.05) is 24.3 Å².